The fourth-order valence-corrected chi connectivity index (χ4v) is 1.50. The third-order valence-electron chi connectivity index (χ3n) is 2.49. The maximum absolute atomic E-state index is 4.39. The predicted molar refractivity (Wildman–Crippen MR) is 80.7 cm³/mol. The molecule has 0 saturated carbocycles. The first kappa shape index (κ1) is 14.0. The Bertz CT molecular complexity index is 469. The SMILES string of the molecule is C=Cc1ccc(-c2ccc(NC)cn2)cc1.CC. The second-order valence-corrected chi connectivity index (χ2v) is 3.51. The number of hydrogen-bond acceptors (Lipinski definition) is 2. The molecule has 0 aliphatic heterocycles. The van der Waals surface area contributed by atoms with Gasteiger partial charge in [0.1, 0.15) is 0 Å². The Hall–Kier alpha value is -2.09. The number of nitrogens with zero attached hydrogens (tertiary/aromatic N) is 1. The summed E-state index contributed by atoms with van der Waals surface area (Å²) in [4.78, 5) is 4.39. The van der Waals surface area contributed by atoms with E-state index in [2.05, 4.69) is 29.0 Å². The first-order valence-electron chi connectivity index (χ1n) is 6.20. The number of benzene rings is 1. The van der Waals surface area contributed by atoms with Gasteiger partial charge >= 0.3 is 0 Å². The van der Waals surface area contributed by atoms with E-state index >= 15 is 0 Å². The van der Waals surface area contributed by atoms with Crippen LogP contribution in [0.3, 0.4) is 0 Å². The molecule has 2 aromatic rings. The highest BCUT2D eigenvalue weighted by Crippen LogP contribution is 2.19. The lowest BCUT2D eigenvalue weighted by molar-refractivity contribution is 1.31. The lowest BCUT2D eigenvalue weighted by atomic mass is 10.1. The van der Waals surface area contributed by atoms with Crippen LogP contribution in [0.25, 0.3) is 17.3 Å². The van der Waals surface area contributed by atoms with Crippen molar-refractivity contribution in [2.45, 2.75) is 13.8 Å². The topological polar surface area (TPSA) is 24.9 Å². The third-order valence-corrected chi connectivity index (χ3v) is 2.49. The molecule has 0 unspecified atom stereocenters. The zero-order valence-electron chi connectivity index (χ0n) is 11.3. The van der Waals surface area contributed by atoms with Crippen molar-refractivity contribution < 1.29 is 0 Å². The van der Waals surface area contributed by atoms with Crippen molar-refractivity contribution in [3.63, 3.8) is 0 Å². The van der Waals surface area contributed by atoms with E-state index in [4.69, 9.17) is 0 Å². The maximum Gasteiger partial charge on any atom is 0.0703 e. The van der Waals surface area contributed by atoms with Crippen LogP contribution in [0.1, 0.15) is 19.4 Å². The summed E-state index contributed by atoms with van der Waals surface area (Å²) < 4.78 is 0. The molecule has 0 fully saturated rings. The summed E-state index contributed by atoms with van der Waals surface area (Å²) >= 11 is 0. The number of aromatic nitrogens is 1. The van der Waals surface area contributed by atoms with Crippen LogP contribution in [-0.4, -0.2) is 12.0 Å². The molecule has 1 N–H and O–H groups in total. The molecular formula is C16H20N2. The third kappa shape index (κ3) is 3.45. The maximum atomic E-state index is 4.39. The van der Waals surface area contributed by atoms with Crippen LogP contribution in [0, 0.1) is 0 Å². The van der Waals surface area contributed by atoms with Crippen molar-refractivity contribution in [1.82, 2.24) is 4.98 Å². The number of hydrogen-bond donors (Lipinski definition) is 1. The van der Waals surface area contributed by atoms with E-state index in [9.17, 15) is 0 Å². The van der Waals surface area contributed by atoms with Crippen molar-refractivity contribution >= 4 is 11.8 Å². The Morgan fingerprint density at radius 3 is 2.17 bits per heavy atom. The molecule has 0 spiro atoms. The van der Waals surface area contributed by atoms with Gasteiger partial charge in [-0.1, -0.05) is 50.8 Å². The summed E-state index contributed by atoms with van der Waals surface area (Å²) in [5, 5.41) is 3.05. The van der Waals surface area contributed by atoms with Crippen LogP contribution in [-0.2, 0) is 0 Å². The van der Waals surface area contributed by atoms with Gasteiger partial charge in [-0.15, -0.1) is 0 Å². The van der Waals surface area contributed by atoms with Gasteiger partial charge in [0.05, 0.1) is 17.6 Å². The van der Waals surface area contributed by atoms with Crippen molar-refractivity contribution in [1.29, 1.82) is 0 Å². The summed E-state index contributed by atoms with van der Waals surface area (Å²) in [6, 6.07) is 12.2. The molecule has 94 valence electrons. The zero-order chi connectivity index (χ0) is 13.4. The Labute approximate surface area is 109 Å². The highest BCUT2D eigenvalue weighted by molar-refractivity contribution is 5.63. The summed E-state index contributed by atoms with van der Waals surface area (Å²) in [6.07, 6.45) is 3.66. The Kier molecular flexibility index (Phi) is 5.65. The normalized spacial score (nSPS) is 9.06. The van der Waals surface area contributed by atoms with Crippen molar-refractivity contribution in [2.75, 3.05) is 12.4 Å². The Morgan fingerprint density at radius 2 is 1.72 bits per heavy atom. The Balaban J connectivity index is 0.000000771. The van der Waals surface area contributed by atoms with E-state index in [1.165, 1.54) is 0 Å². The molecule has 1 heterocycles. The lowest BCUT2D eigenvalue weighted by Gasteiger charge is -2.03. The van der Waals surface area contributed by atoms with Crippen LogP contribution >= 0.6 is 0 Å². The molecule has 2 rings (SSSR count). The van der Waals surface area contributed by atoms with Gasteiger partial charge in [-0.2, -0.15) is 0 Å². The quantitative estimate of drug-likeness (QED) is 0.856. The molecule has 2 nitrogen and oxygen atoms in total. The lowest BCUT2D eigenvalue weighted by Crippen LogP contribution is -1.89. The largest absolute Gasteiger partial charge is 0.387 e. The molecule has 0 aliphatic carbocycles. The fourth-order valence-electron chi connectivity index (χ4n) is 1.50. The number of anilines is 1. The summed E-state index contributed by atoms with van der Waals surface area (Å²) in [5.74, 6) is 0. The standard InChI is InChI=1S/C14H14N2.C2H6/c1-3-11-4-6-12(7-5-11)14-9-8-13(15-2)10-16-14;1-2/h3-10,15H,1H2,2H3;1-2H3. The summed E-state index contributed by atoms with van der Waals surface area (Å²) in [5.41, 5.74) is 4.24. The van der Waals surface area contributed by atoms with Crippen LogP contribution in [0.5, 0.6) is 0 Å². The number of nitrogens with one attached hydrogen (secondary N) is 1. The Morgan fingerprint density at radius 1 is 1.06 bits per heavy atom. The molecule has 0 bridgehead atoms. The highest BCUT2D eigenvalue weighted by Gasteiger charge is 1.98. The second kappa shape index (κ2) is 7.28. The molecule has 1 aromatic heterocycles. The van der Waals surface area contributed by atoms with Crippen molar-refractivity contribution in [3.05, 3.63) is 54.7 Å². The van der Waals surface area contributed by atoms with Crippen molar-refractivity contribution in [2.24, 2.45) is 0 Å². The van der Waals surface area contributed by atoms with Crippen LogP contribution < -0.4 is 5.32 Å². The van der Waals surface area contributed by atoms with Gasteiger partial charge < -0.3 is 5.32 Å². The minimum Gasteiger partial charge on any atom is -0.387 e. The van der Waals surface area contributed by atoms with Crippen molar-refractivity contribution in [3.8, 4) is 11.3 Å². The summed E-state index contributed by atoms with van der Waals surface area (Å²) in [7, 11) is 1.88. The smallest absolute Gasteiger partial charge is 0.0703 e. The van der Waals surface area contributed by atoms with E-state index in [0.29, 0.717) is 0 Å². The van der Waals surface area contributed by atoms with E-state index in [1.54, 1.807) is 0 Å². The van der Waals surface area contributed by atoms with E-state index in [0.717, 1.165) is 22.5 Å². The van der Waals surface area contributed by atoms with Gasteiger partial charge in [0, 0.05) is 12.6 Å². The van der Waals surface area contributed by atoms with E-state index in [-0.39, 0.29) is 0 Å². The monoisotopic (exact) mass is 240 g/mol. The van der Waals surface area contributed by atoms with Gasteiger partial charge in [-0.25, -0.2) is 0 Å². The fraction of sp³-hybridized carbons (Fsp3) is 0.188. The minimum atomic E-state index is 0.981. The van der Waals surface area contributed by atoms with Crippen LogP contribution in [0.2, 0.25) is 0 Å². The first-order valence-corrected chi connectivity index (χ1v) is 6.20. The van der Waals surface area contributed by atoms with Gasteiger partial charge in [0.2, 0.25) is 0 Å². The molecule has 0 aliphatic rings. The molecule has 1 aromatic carbocycles. The summed E-state index contributed by atoms with van der Waals surface area (Å²) in [6.45, 7) is 7.73. The van der Waals surface area contributed by atoms with E-state index in [1.807, 2.05) is 57.4 Å². The van der Waals surface area contributed by atoms with Gasteiger partial charge in [-0.05, 0) is 17.7 Å². The van der Waals surface area contributed by atoms with Gasteiger partial charge in [0.15, 0.2) is 0 Å². The molecule has 0 amide bonds. The first-order chi connectivity index (χ1) is 8.83. The molecule has 0 atom stereocenters. The zero-order valence-corrected chi connectivity index (χ0v) is 11.3. The van der Waals surface area contributed by atoms with Gasteiger partial charge in [0.25, 0.3) is 0 Å². The number of rotatable bonds is 3. The molecule has 0 radical (unpaired) electrons. The average molecular weight is 240 g/mol. The molecule has 2 heteroatoms. The highest BCUT2D eigenvalue weighted by atomic mass is 14.8. The van der Waals surface area contributed by atoms with Crippen LogP contribution in [0.15, 0.2) is 49.2 Å². The number of pyridine rings is 1. The predicted octanol–water partition coefficient (Wildman–Crippen LogP) is 4.46. The molecular weight excluding hydrogens is 220 g/mol. The molecule has 0 saturated heterocycles. The van der Waals surface area contributed by atoms with Gasteiger partial charge in [-0.3, -0.25) is 4.98 Å². The van der Waals surface area contributed by atoms with Crippen LogP contribution in [0.4, 0.5) is 5.69 Å². The second-order valence-electron chi connectivity index (χ2n) is 3.51. The minimum absolute atomic E-state index is 0.981. The average Bonchev–Trinajstić information content (AvgIpc) is 2.49. The van der Waals surface area contributed by atoms with E-state index < -0.39 is 0 Å². The molecule has 18 heavy (non-hydrogen) atoms.